The number of nitrogens with zero attached hydrogens (tertiary/aromatic N) is 1. The van der Waals surface area contributed by atoms with Gasteiger partial charge in [0, 0.05) is 18.3 Å². The number of aromatic nitrogens is 1. The molecule has 15 heavy (non-hydrogen) atoms. The number of anilines is 2. The van der Waals surface area contributed by atoms with Crippen molar-refractivity contribution in [2.45, 2.75) is 6.42 Å². The van der Waals surface area contributed by atoms with Gasteiger partial charge in [0.15, 0.2) is 5.58 Å². The monoisotopic (exact) mass is 203 g/mol. The highest BCUT2D eigenvalue weighted by atomic mass is 16.4. The molecule has 4 nitrogen and oxygen atoms in total. The third-order valence-electron chi connectivity index (χ3n) is 2.04. The number of rotatable bonds is 4. The van der Waals surface area contributed by atoms with Gasteiger partial charge in [-0.05, 0) is 18.6 Å². The molecule has 1 aromatic carbocycles. The number of nitrogens with one attached hydrogen (secondary N) is 1. The molecule has 4 heteroatoms. The van der Waals surface area contributed by atoms with E-state index in [0.717, 1.165) is 18.5 Å². The van der Waals surface area contributed by atoms with E-state index in [9.17, 15) is 0 Å². The highest BCUT2D eigenvalue weighted by Gasteiger charge is 2.04. The number of hydrogen-bond acceptors (Lipinski definition) is 4. The first-order chi connectivity index (χ1) is 7.29. The predicted molar refractivity (Wildman–Crippen MR) is 61.7 cm³/mol. The molecule has 1 heterocycles. The number of nitrogens with two attached hydrogens (primary N) is 1. The Kier molecular flexibility index (Phi) is 2.58. The Hall–Kier alpha value is -1.97. The summed E-state index contributed by atoms with van der Waals surface area (Å²) < 4.78 is 5.46. The zero-order valence-electron chi connectivity index (χ0n) is 8.36. The molecule has 0 unspecified atom stereocenters. The molecule has 0 bridgehead atoms. The van der Waals surface area contributed by atoms with Crippen LogP contribution in [-0.2, 0) is 0 Å². The molecule has 3 N–H and O–H groups in total. The predicted octanol–water partition coefficient (Wildman–Crippen LogP) is 2.40. The lowest BCUT2D eigenvalue weighted by atomic mass is 10.3. The summed E-state index contributed by atoms with van der Waals surface area (Å²) in [5, 5.41) is 3.06. The summed E-state index contributed by atoms with van der Waals surface area (Å²) in [6.45, 7) is 4.41. The van der Waals surface area contributed by atoms with E-state index < -0.39 is 0 Å². The van der Waals surface area contributed by atoms with Gasteiger partial charge < -0.3 is 15.5 Å². The molecule has 0 radical (unpaired) electrons. The SMILES string of the molecule is C=CCCNc1nc2ccc(N)cc2o1. The van der Waals surface area contributed by atoms with E-state index in [1.54, 1.807) is 12.1 Å². The zero-order valence-corrected chi connectivity index (χ0v) is 8.36. The van der Waals surface area contributed by atoms with Gasteiger partial charge in [-0.3, -0.25) is 0 Å². The van der Waals surface area contributed by atoms with Gasteiger partial charge in [-0.1, -0.05) is 6.08 Å². The van der Waals surface area contributed by atoms with Crippen LogP contribution in [0.2, 0.25) is 0 Å². The Balaban J connectivity index is 2.19. The van der Waals surface area contributed by atoms with Gasteiger partial charge in [0.1, 0.15) is 5.52 Å². The Morgan fingerprint density at radius 3 is 3.20 bits per heavy atom. The first-order valence-electron chi connectivity index (χ1n) is 4.80. The summed E-state index contributed by atoms with van der Waals surface area (Å²) in [4.78, 5) is 4.26. The average Bonchev–Trinajstić information content (AvgIpc) is 2.60. The van der Waals surface area contributed by atoms with Crippen molar-refractivity contribution in [3.05, 3.63) is 30.9 Å². The number of nitrogen functional groups attached to an aromatic ring is 1. The van der Waals surface area contributed by atoms with Crippen LogP contribution in [0.3, 0.4) is 0 Å². The van der Waals surface area contributed by atoms with Crippen molar-refractivity contribution in [1.29, 1.82) is 0 Å². The van der Waals surface area contributed by atoms with Crippen molar-refractivity contribution >= 4 is 22.8 Å². The van der Waals surface area contributed by atoms with E-state index in [-0.39, 0.29) is 0 Å². The number of oxazole rings is 1. The van der Waals surface area contributed by atoms with Crippen LogP contribution in [0.15, 0.2) is 35.3 Å². The standard InChI is InChI=1S/C11H13N3O/c1-2-3-6-13-11-14-9-5-4-8(12)7-10(9)15-11/h2,4-5,7H,1,3,6,12H2,(H,13,14). The summed E-state index contributed by atoms with van der Waals surface area (Å²) in [7, 11) is 0. The Labute approximate surface area is 87.8 Å². The second kappa shape index (κ2) is 4.04. The van der Waals surface area contributed by atoms with Crippen LogP contribution in [-0.4, -0.2) is 11.5 Å². The molecule has 0 fully saturated rings. The fourth-order valence-corrected chi connectivity index (χ4v) is 1.30. The molecule has 0 amide bonds. The molecule has 0 spiro atoms. The van der Waals surface area contributed by atoms with Gasteiger partial charge in [-0.25, -0.2) is 0 Å². The lowest BCUT2D eigenvalue weighted by molar-refractivity contribution is 0.615. The third kappa shape index (κ3) is 2.10. The Bertz CT molecular complexity index is 476. The lowest BCUT2D eigenvalue weighted by Gasteiger charge is -1.95. The number of hydrogen-bond donors (Lipinski definition) is 2. The topological polar surface area (TPSA) is 64.1 Å². The highest BCUT2D eigenvalue weighted by molar-refractivity contribution is 5.77. The fraction of sp³-hybridized carbons (Fsp3) is 0.182. The van der Waals surface area contributed by atoms with Gasteiger partial charge in [0.25, 0.3) is 6.01 Å². The van der Waals surface area contributed by atoms with Crippen LogP contribution in [0.4, 0.5) is 11.7 Å². The van der Waals surface area contributed by atoms with Crippen LogP contribution in [0.5, 0.6) is 0 Å². The normalized spacial score (nSPS) is 10.4. The Morgan fingerprint density at radius 2 is 2.40 bits per heavy atom. The van der Waals surface area contributed by atoms with Gasteiger partial charge in [-0.2, -0.15) is 4.98 Å². The minimum atomic E-state index is 0.525. The largest absolute Gasteiger partial charge is 0.423 e. The fourth-order valence-electron chi connectivity index (χ4n) is 1.30. The highest BCUT2D eigenvalue weighted by Crippen LogP contribution is 2.20. The molecule has 0 aliphatic rings. The number of fused-ring (bicyclic) bond motifs is 1. The minimum absolute atomic E-state index is 0.525. The molecule has 0 saturated heterocycles. The van der Waals surface area contributed by atoms with Crippen molar-refractivity contribution in [2.75, 3.05) is 17.6 Å². The van der Waals surface area contributed by atoms with Gasteiger partial charge in [0.05, 0.1) is 0 Å². The summed E-state index contributed by atoms with van der Waals surface area (Å²) in [6, 6.07) is 5.93. The summed E-state index contributed by atoms with van der Waals surface area (Å²) >= 11 is 0. The van der Waals surface area contributed by atoms with Crippen molar-refractivity contribution in [2.24, 2.45) is 0 Å². The first kappa shape index (κ1) is 9.58. The maximum atomic E-state index is 5.63. The lowest BCUT2D eigenvalue weighted by Crippen LogP contribution is -1.99. The molecule has 2 rings (SSSR count). The summed E-state index contributed by atoms with van der Waals surface area (Å²) in [5.41, 5.74) is 7.83. The van der Waals surface area contributed by atoms with Gasteiger partial charge in [-0.15, -0.1) is 6.58 Å². The zero-order chi connectivity index (χ0) is 10.7. The van der Waals surface area contributed by atoms with Crippen molar-refractivity contribution in [3.63, 3.8) is 0 Å². The summed E-state index contributed by atoms with van der Waals surface area (Å²) in [6.07, 6.45) is 2.72. The molecular formula is C11H13N3O. The van der Waals surface area contributed by atoms with Crippen LogP contribution in [0.1, 0.15) is 6.42 Å². The van der Waals surface area contributed by atoms with Crippen LogP contribution < -0.4 is 11.1 Å². The van der Waals surface area contributed by atoms with Gasteiger partial charge in [0.2, 0.25) is 0 Å². The molecule has 0 aliphatic heterocycles. The van der Waals surface area contributed by atoms with E-state index in [4.69, 9.17) is 10.2 Å². The van der Waals surface area contributed by atoms with Crippen LogP contribution >= 0.6 is 0 Å². The van der Waals surface area contributed by atoms with E-state index in [1.807, 2.05) is 12.1 Å². The van der Waals surface area contributed by atoms with Crippen LogP contribution in [0, 0.1) is 0 Å². The van der Waals surface area contributed by atoms with E-state index in [2.05, 4.69) is 16.9 Å². The van der Waals surface area contributed by atoms with Crippen molar-refractivity contribution in [1.82, 2.24) is 4.98 Å². The quantitative estimate of drug-likeness (QED) is 0.455. The molecule has 0 atom stereocenters. The van der Waals surface area contributed by atoms with Crippen LogP contribution in [0.25, 0.3) is 11.1 Å². The molecule has 0 aliphatic carbocycles. The molecule has 2 aromatic rings. The molecule has 0 saturated carbocycles. The van der Waals surface area contributed by atoms with E-state index in [1.165, 1.54) is 0 Å². The van der Waals surface area contributed by atoms with E-state index in [0.29, 0.717) is 17.3 Å². The molecule has 1 aromatic heterocycles. The molecular weight excluding hydrogens is 190 g/mol. The second-order valence-electron chi connectivity index (χ2n) is 3.25. The van der Waals surface area contributed by atoms with Crippen molar-refractivity contribution in [3.8, 4) is 0 Å². The summed E-state index contributed by atoms with van der Waals surface area (Å²) in [5.74, 6) is 0. The third-order valence-corrected chi connectivity index (χ3v) is 2.04. The number of benzene rings is 1. The molecule has 78 valence electrons. The Morgan fingerprint density at radius 1 is 1.53 bits per heavy atom. The second-order valence-corrected chi connectivity index (χ2v) is 3.25. The minimum Gasteiger partial charge on any atom is -0.423 e. The average molecular weight is 203 g/mol. The maximum Gasteiger partial charge on any atom is 0.295 e. The smallest absolute Gasteiger partial charge is 0.295 e. The van der Waals surface area contributed by atoms with Gasteiger partial charge >= 0.3 is 0 Å². The van der Waals surface area contributed by atoms with E-state index >= 15 is 0 Å². The maximum absolute atomic E-state index is 5.63. The first-order valence-corrected chi connectivity index (χ1v) is 4.80. The van der Waals surface area contributed by atoms with Crippen molar-refractivity contribution < 1.29 is 4.42 Å².